The molecule has 2 heterocycles. The molecular formula is C14H12ClN3S. The summed E-state index contributed by atoms with van der Waals surface area (Å²) >= 11 is 7.87. The van der Waals surface area contributed by atoms with Crippen LogP contribution in [0.15, 0.2) is 36.7 Å². The van der Waals surface area contributed by atoms with Crippen molar-refractivity contribution in [1.29, 1.82) is 0 Å². The van der Waals surface area contributed by atoms with Crippen LogP contribution in [-0.2, 0) is 6.54 Å². The Hall–Kier alpha value is -1.65. The molecule has 0 fully saturated rings. The van der Waals surface area contributed by atoms with Crippen molar-refractivity contribution in [3.05, 3.63) is 51.6 Å². The molecule has 0 bridgehead atoms. The zero-order valence-electron chi connectivity index (χ0n) is 10.4. The summed E-state index contributed by atoms with van der Waals surface area (Å²) in [7, 11) is 0. The van der Waals surface area contributed by atoms with Gasteiger partial charge in [-0.1, -0.05) is 11.6 Å². The highest BCUT2D eigenvalue weighted by Crippen LogP contribution is 2.28. The van der Waals surface area contributed by atoms with Crippen LogP contribution in [0.1, 0.15) is 9.88 Å². The number of nitrogens with one attached hydrogen (secondary N) is 1. The topological polar surface area (TPSA) is 37.8 Å². The molecule has 0 aliphatic heterocycles. The van der Waals surface area contributed by atoms with Gasteiger partial charge in [-0.2, -0.15) is 0 Å². The first-order valence-electron chi connectivity index (χ1n) is 5.92. The van der Waals surface area contributed by atoms with E-state index in [0.29, 0.717) is 0 Å². The summed E-state index contributed by atoms with van der Waals surface area (Å²) in [4.78, 5) is 9.85. The number of fused-ring (bicyclic) bond motifs is 1. The van der Waals surface area contributed by atoms with Gasteiger partial charge in [0, 0.05) is 22.7 Å². The molecule has 0 spiro atoms. The minimum absolute atomic E-state index is 0.724. The van der Waals surface area contributed by atoms with Gasteiger partial charge < -0.3 is 5.32 Å². The fourth-order valence-electron chi connectivity index (χ4n) is 1.95. The molecule has 5 heteroatoms. The Bertz CT molecular complexity index is 724. The summed E-state index contributed by atoms with van der Waals surface area (Å²) in [5.74, 6) is 0. The van der Waals surface area contributed by atoms with Crippen molar-refractivity contribution in [2.24, 2.45) is 0 Å². The fraction of sp³-hybridized carbons (Fsp3) is 0.143. The van der Waals surface area contributed by atoms with Crippen molar-refractivity contribution in [1.82, 2.24) is 9.97 Å². The lowest BCUT2D eigenvalue weighted by molar-refractivity contribution is 1.17. The average molecular weight is 290 g/mol. The molecule has 0 radical (unpaired) electrons. The Balaban J connectivity index is 1.91. The van der Waals surface area contributed by atoms with Crippen molar-refractivity contribution < 1.29 is 0 Å². The smallest absolute Gasteiger partial charge is 0.0948 e. The SMILES string of the molecule is Cc1ncc(CNc2ccc(Cl)c3cccnc23)s1. The molecule has 0 unspecified atom stereocenters. The number of anilines is 1. The van der Waals surface area contributed by atoms with Crippen LogP contribution >= 0.6 is 22.9 Å². The third-order valence-corrected chi connectivity index (χ3v) is 4.08. The second-order valence-corrected chi connectivity index (χ2v) is 5.92. The lowest BCUT2D eigenvalue weighted by Crippen LogP contribution is -1.99. The summed E-state index contributed by atoms with van der Waals surface area (Å²) in [6, 6.07) is 7.73. The second-order valence-electron chi connectivity index (χ2n) is 4.19. The number of hydrogen-bond donors (Lipinski definition) is 1. The largest absolute Gasteiger partial charge is 0.378 e. The number of nitrogens with zero attached hydrogens (tertiary/aromatic N) is 2. The molecular weight excluding hydrogens is 278 g/mol. The summed E-state index contributed by atoms with van der Waals surface area (Å²) < 4.78 is 0. The van der Waals surface area contributed by atoms with Gasteiger partial charge in [-0.05, 0) is 31.2 Å². The van der Waals surface area contributed by atoms with Gasteiger partial charge in [-0.15, -0.1) is 11.3 Å². The van der Waals surface area contributed by atoms with Gasteiger partial charge >= 0.3 is 0 Å². The van der Waals surface area contributed by atoms with Crippen molar-refractivity contribution >= 4 is 39.5 Å². The molecule has 1 aromatic carbocycles. The number of rotatable bonds is 3. The Morgan fingerprint density at radius 3 is 2.95 bits per heavy atom. The van der Waals surface area contributed by atoms with E-state index in [1.54, 1.807) is 17.5 Å². The Labute approximate surface area is 120 Å². The van der Waals surface area contributed by atoms with Crippen LogP contribution in [0, 0.1) is 6.92 Å². The highest BCUT2D eigenvalue weighted by Gasteiger charge is 2.06. The van der Waals surface area contributed by atoms with Crippen molar-refractivity contribution in [2.45, 2.75) is 13.5 Å². The van der Waals surface area contributed by atoms with E-state index in [0.717, 1.165) is 33.2 Å². The molecule has 2 aromatic heterocycles. The lowest BCUT2D eigenvalue weighted by atomic mass is 10.2. The monoisotopic (exact) mass is 289 g/mol. The first-order valence-corrected chi connectivity index (χ1v) is 7.12. The van der Waals surface area contributed by atoms with E-state index in [-0.39, 0.29) is 0 Å². The van der Waals surface area contributed by atoms with Crippen LogP contribution < -0.4 is 5.32 Å². The number of aryl methyl sites for hydroxylation is 1. The number of thiazole rings is 1. The molecule has 0 amide bonds. The molecule has 19 heavy (non-hydrogen) atoms. The van der Waals surface area contributed by atoms with Crippen LogP contribution in [0.2, 0.25) is 5.02 Å². The van der Waals surface area contributed by atoms with Gasteiger partial charge in [-0.3, -0.25) is 4.98 Å². The van der Waals surface area contributed by atoms with Crippen LogP contribution in [0.25, 0.3) is 10.9 Å². The van der Waals surface area contributed by atoms with Gasteiger partial charge in [-0.25, -0.2) is 4.98 Å². The standard InChI is InChI=1S/C14H12ClN3S/c1-9-17-7-10(19-9)8-18-13-5-4-12(15)11-3-2-6-16-14(11)13/h2-7,18H,8H2,1H3. The molecule has 0 aliphatic rings. The van der Waals surface area contributed by atoms with Gasteiger partial charge in [0.2, 0.25) is 0 Å². The molecule has 0 aliphatic carbocycles. The minimum Gasteiger partial charge on any atom is -0.378 e. The fourth-order valence-corrected chi connectivity index (χ4v) is 2.90. The maximum atomic E-state index is 6.17. The zero-order valence-corrected chi connectivity index (χ0v) is 11.9. The predicted octanol–water partition coefficient (Wildman–Crippen LogP) is 4.27. The number of aromatic nitrogens is 2. The molecule has 0 atom stereocenters. The number of halogens is 1. The molecule has 0 saturated carbocycles. The molecule has 3 nitrogen and oxygen atoms in total. The van der Waals surface area contributed by atoms with E-state index in [2.05, 4.69) is 15.3 Å². The number of benzene rings is 1. The number of pyridine rings is 1. The van der Waals surface area contributed by atoms with Crippen LogP contribution in [-0.4, -0.2) is 9.97 Å². The zero-order chi connectivity index (χ0) is 13.2. The molecule has 96 valence electrons. The summed E-state index contributed by atoms with van der Waals surface area (Å²) in [6.07, 6.45) is 3.68. The highest BCUT2D eigenvalue weighted by molar-refractivity contribution is 7.11. The molecule has 3 rings (SSSR count). The Morgan fingerprint density at radius 1 is 1.26 bits per heavy atom. The van der Waals surface area contributed by atoms with E-state index in [4.69, 9.17) is 11.6 Å². The molecule has 1 N–H and O–H groups in total. The van der Waals surface area contributed by atoms with Crippen LogP contribution in [0.5, 0.6) is 0 Å². The lowest BCUT2D eigenvalue weighted by Gasteiger charge is -2.08. The van der Waals surface area contributed by atoms with Crippen molar-refractivity contribution in [3.63, 3.8) is 0 Å². The maximum absolute atomic E-state index is 6.17. The third-order valence-electron chi connectivity index (χ3n) is 2.84. The first-order chi connectivity index (χ1) is 9.24. The van der Waals surface area contributed by atoms with Gasteiger partial charge in [0.15, 0.2) is 0 Å². The quantitative estimate of drug-likeness (QED) is 0.782. The Morgan fingerprint density at radius 2 is 2.16 bits per heavy atom. The van der Waals surface area contributed by atoms with Crippen LogP contribution in [0.4, 0.5) is 5.69 Å². The van der Waals surface area contributed by atoms with E-state index in [9.17, 15) is 0 Å². The van der Waals surface area contributed by atoms with E-state index in [1.807, 2.05) is 37.4 Å². The normalized spacial score (nSPS) is 10.8. The van der Waals surface area contributed by atoms with Gasteiger partial charge in [0.1, 0.15) is 0 Å². The number of hydrogen-bond acceptors (Lipinski definition) is 4. The van der Waals surface area contributed by atoms with Crippen molar-refractivity contribution in [2.75, 3.05) is 5.32 Å². The van der Waals surface area contributed by atoms with Crippen LogP contribution in [0.3, 0.4) is 0 Å². The first kappa shape index (κ1) is 12.4. The molecule has 0 saturated heterocycles. The van der Waals surface area contributed by atoms with E-state index >= 15 is 0 Å². The summed E-state index contributed by atoms with van der Waals surface area (Å²) in [5, 5.41) is 6.16. The van der Waals surface area contributed by atoms with Gasteiger partial charge in [0.05, 0.1) is 27.8 Å². The van der Waals surface area contributed by atoms with Crippen molar-refractivity contribution in [3.8, 4) is 0 Å². The third kappa shape index (κ3) is 2.55. The predicted molar refractivity (Wildman–Crippen MR) is 80.9 cm³/mol. The van der Waals surface area contributed by atoms with Gasteiger partial charge in [0.25, 0.3) is 0 Å². The Kier molecular flexibility index (Phi) is 3.36. The molecule has 3 aromatic rings. The maximum Gasteiger partial charge on any atom is 0.0948 e. The minimum atomic E-state index is 0.724. The van der Waals surface area contributed by atoms with E-state index in [1.165, 1.54) is 4.88 Å². The summed E-state index contributed by atoms with van der Waals surface area (Å²) in [5.41, 5.74) is 1.89. The average Bonchev–Trinajstić information content (AvgIpc) is 2.84. The van der Waals surface area contributed by atoms with E-state index < -0.39 is 0 Å². The highest BCUT2D eigenvalue weighted by atomic mass is 35.5. The second kappa shape index (κ2) is 5.15. The summed E-state index contributed by atoms with van der Waals surface area (Å²) in [6.45, 7) is 2.76.